The highest BCUT2D eigenvalue weighted by molar-refractivity contribution is 5.78. The minimum atomic E-state index is -0.474. The first kappa shape index (κ1) is 19.6. The molecule has 0 radical (unpaired) electrons. The van der Waals surface area contributed by atoms with E-state index in [1.165, 1.54) is 12.8 Å². The van der Waals surface area contributed by atoms with Crippen LogP contribution < -0.4 is 5.73 Å². The summed E-state index contributed by atoms with van der Waals surface area (Å²) in [6.07, 6.45) is 2.91. The van der Waals surface area contributed by atoms with Crippen molar-refractivity contribution in [2.75, 3.05) is 26.7 Å². The molecule has 0 aromatic heterocycles. The molecule has 0 spiro atoms. The van der Waals surface area contributed by atoms with Crippen molar-refractivity contribution in [1.29, 1.82) is 0 Å². The van der Waals surface area contributed by atoms with Gasteiger partial charge in [0.25, 0.3) is 0 Å². The van der Waals surface area contributed by atoms with E-state index in [9.17, 15) is 4.79 Å². The minimum Gasteiger partial charge on any atom is -0.444 e. The van der Waals surface area contributed by atoms with Crippen LogP contribution in [0.25, 0.3) is 0 Å². The highest BCUT2D eigenvalue weighted by Gasteiger charge is 2.23. The number of nitrogens with zero attached hydrogens (tertiary/aromatic N) is 3. The fourth-order valence-corrected chi connectivity index (χ4v) is 2.57. The number of carbonyl (C=O) groups excluding carboxylic acids is 1. The summed E-state index contributed by atoms with van der Waals surface area (Å²) in [5.41, 5.74) is 5.61. The molecule has 2 unspecified atom stereocenters. The van der Waals surface area contributed by atoms with Gasteiger partial charge in [-0.05, 0) is 52.9 Å². The van der Waals surface area contributed by atoms with Crippen molar-refractivity contribution in [3.63, 3.8) is 0 Å². The molecular weight excluding hydrogens is 292 g/mol. The Kier molecular flexibility index (Phi) is 7.16. The lowest BCUT2D eigenvalue weighted by molar-refractivity contribution is 0.0231. The Hall–Kier alpha value is -1.46. The molecular formula is C17H34N4O2. The first-order valence-electron chi connectivity index (χ1n) is 8.61. The maximum Gasteiger partial charge on any atom is 0.410 e. The Morgan fingerprint density at radius 2 is 2.13 bits per heavy atom. The SMILES string of the molecule is CC1CCCN(C(N)=NCCC(C)N(C)C(=O)OC(C)(C)C)C1. The molecule has 1 heterocycles. The summed E-state index contributed by atoms with van der Waals surface area (Å²) in [5.74, 6) is 1.30. The lowest BCUT2D eigenvalue weighted by Crippen LogP contribution is -2.43. The molecule has 0 bridgehead atoms. The minimum absolute atomic E-state index is 0.0571. The van der Waals surface area contributed by atoms with Gasteiger partial charge in [0.15, 0.2) is 5.96 Å². The zero-order chi connectivity index (χ0) is 17.6. The molecule has 1 rings (SSSR count). The lowest BCUT2D eigenvalue weighted by Gasteiger charge is -2.32. The number of nitrogens with two attached hydrogens (primary N) is 1. The van der Waals surface area contributed by atoms with Gasteiger partial charge in [-0.3, -0.25) is 4.99 Å². The third-order valence-corrected chi connectivity index (χ3v) is 4.14. The normalized spacial score (nSPS) is 21.0. The van der Waals surface area contributed by atoms with E-state index in [0.717, 1.165) is 19.5 Å². The topological polar surface area (TPSA) is 71.2 Å². The largest absolute Gasteiger partial charge is 0.444 e. The quantitative estimate of drug-likeness (QED) is 0.637. The Morgan fingerprint density at radius 3 is 2.70 bits per heavy atom. The predicted molar refractivity (Wildman–Crippen MR) is 94.5 cm³/mol. The molecule has 6 heteroatoms. The summed E-state index contributed by atoms with van der Waals surface area (Å²) >= 11 is 0. The van der Waals surface area contributed by atoms with Gasteiger partial charge < -0.3 is 20.3 Å². The molecule has 1 aliphatic rings. The fourth-order valence-electron chi connectivity index (χ4n) is 2.57. The molecule has 0 aliphatic carbocycles. The first-order chi connectivity index (χ1) is 10.6. The summed E-state index contributed by atoms with van der Waals surface area (Å²) in [4.78, 5) is 20.3. The van der Waals surface area contributed by atoms with E-state index < -0.39 is 5.60 Å². The van der Waals surface area contributed by atoms with Crippen LogP contribution in [-0.4, -0.2) is 60.2 Å². The van der Waals surface area contributed by atoms with E-state index >= 15 is 0 Å². The van der Waals surface area contributed by atoms with Gasteiger partial charge in [0.2, 0.25) is 0 Å². The van der Waals surface area contributed by atoms with Crippen LogP contribution in [0.2, 0.25) is 0 Å². The second-order valence-electron chi connectivity index (χ2n) is 7.66. The molecule has 1 fully saturated rings. The van der Waals surface area contributed by atoms with Gasteiger partial charge in [-0.2, -0.15) is 0 Å². The van der Waals surface area contributed by atoms with Crippen LogP contribution in [0.3, 0.4) is 0 Å². The monoisotopic (exact) mass is 326 g/mol. The maximum atomic E-state index is 12.0. The second kappa shape index (κ2) is 8.41. The van der Waals surface area contributed by atoms with E-state index in [-0.39, 0.29) is 12.1 Å². The average Bonchev–Trinajstić information content (AvgIpc) is 2.44. The molecule has 0 aromatic carbocycles. The number of hydrogen-bond acceptors (Lipinski definition) is 3. The van der Waals surface area contributed by atoms with E-state index in [2.05, 4.69) is 16.8 Å². The van der Waals surface area contributed by atoms with Crippen molar-refractivity contribution in [2.45, 2.75) is 65.5 Å². The third kappa shape index (κ3) is 7.10. The Morgan fingerprint density at radius 1 is 1.48 bits per heavy atom. The fraction of sp³-hybridized carbons (Fsp3) is 0.882. The maximum absolute atomic E-state index is 12.0. The number of likely N-dealkylation sites (tertiary alicyclic amines) is 1. The highest BCUT2D eigenvalue weighted by Crippen LogP contribution is 2.15. The number of amides is 1. The van der Waals surface area contributed by atoms with Crippen LogP contribution in [0.1, 0.15) is 53.9 Å². The molecule has 134 valence electrons. The van der Waals surface area contributed by atoms with Crippen LogP contribution in [0.5, 0.6) is 0 Å². The molecule has 2 atom stereocenters. The Labute approximate surface area is 141 Å². The standard InChI is InChI=1S/C17H34N4O2/c1-13-8-7-11-21(12-13)15(18)19-10-9-14(2)20(6)16(22)23-17(3,4)5/h13-14H,7-12H2,1-6H3,(H2,18,19). The van der Waals surface area contributed by atoms with E-state index in [1.54, 1.807) is 11.9 Å². The summed E-state index contributed by atoms with van der Waals surface area (Å²) in [6, 6.07) is 0.0571. The number of piperidine rings is 1. The van der Waals surface area contributed by atoms with E-state index in [1.807, 2.05) is 27.7 Å². The zero-order valence-electron chi connectivity index (χ0n) is 15.6. The van der Waals surface area contributed by atoms with Crippen LogP contribution in [0.15, 0.2) is 4.99 Å². The average molecular weight is 326 g/mol. The van der Waals surface area contributed by atoms with Gasteiger partial charge in [-0.15, -0.1) is 0 Å². The Bertz CT molecular complexity index is 417. The number of carbonyl (C=O) groups is 1. The summed E-state index contributed by atoms with van der Waals surface area (Å²) < 4.78 is 5.37. The molecule has 1 aliphatic heterocycles. The van der Waals surface area contributed by atoms with Gasteiger partial charge in [0, 0.05) is 32.7 Å². The van der Waals surface area contributed by atoms with Crippen molar-refractivity contribution >= 4 is 12.1 Å². The van der Waals surface area contributed by atoms with Crippen LogP contribution in [0.4, 0.5) is 4.79 Å². The molecule has 0 saturated carbocycles. The van der Waals surface area contributed by atoms with Gasteiger partial charge in [-0.25, -0.2) is 4.79 Å². The number of ether oxygens (including phenoxy) is 1. The number of hydrogen-bond donors (Lipinski definition) is 1. The zero-order valence-corrected chi connectivity index (χ0v) is 15.6. The van der Waals surface area contributed by atoms with Gasteiger partial charge >= 0.3 is 6.09 Å². The lowest BCUT2D eigenvalue weighted by atomic mass is 10.0. The molecule has 6 nitrogen and oxygen atoms in total. The number of rotatable bonds is 4. The highest BCUT2D eigenvalue weighted by atomic mass is 16.6. The summed E-state index contributed by atoms with van der Waals surface area (Å²) in [7, 11) is 1.76. The molecule has 1 saturated heterocycles. The predicted octanol–water partition coefficient (Wildman–Crippen LogP) is 2.68. The molecule has 1 amide bonds. The molecule has 2 N–H and O–H groups in total. The van der Waals surface area contributed by atoms with Crippen molar-refractivity contribution in [3.05, 3.63) is 0 Å². The van der Waals surface area contributed by atoms with Crippen molar-refractivity contribution in [1.82, 2.24) is 9.80 Å². The van der Waals surface area contributed by atoms with Crippen molar-refractivity contribution < 1.29 is 9.53 Å². The van der Waals surface area contributed by atoms with E-state index in [0.29, 0.717) is 18.4 Å². The van der Waals surface area contributed by atoms with Crippen LogP contribution >= 0.6 is 0 Å². The summed E-state index contributed by atoms with van der Waals surface area (Å²) in [6.45, 7) is 12.5. The molecule has 0 aromatic rings. The number of guanidine groups is 1. The van der Waals surface area contributed by atoms with Gasteiger partial charge in [0.1, 0.15) is 5.60 Å². The van der Waals surface area contributed by atoms with Crippen LogP contribution in [0, 0.1) is 5.92 Å². The van der Waals surface area contributed by atoms with Crippen molar-refractivity contribution in [2.24, 2.45) is 16.6 Å². The number of aliphatic imine (C=N–C) groups is 1. The van der Waals surface area contributed by atoms with Crippen LogP contribution in [-0.2, 0) is 4.74 Å². The van der Waals surface area contributed by atoms with Gasteiger partial charge in [-0.1, -0.05) is 6.92 Å². The summed E-state index contributed by atoms with van der Waals surface area (Å²) in [5, 5.41) is 0. The first-order valence-corrected chi connectivity index (χ1v) is 8.61. The molecule has 23 heavy (non-hydrogen) atoms. The van der Waals surface area contributed by atoms with Crippen molar-refractivity contribution in [3.8, 4) is 0 Å². The smallest absolute Gasteiger partial charge is 0.410 e. The van der Waals surface area contributed by atoms with Gasteiger partial charge in [0.05, 0.1) is 0 Å². The Balaban J connectivity index is 2.41. The van der Waals surface area contributed by atoms with E-state index in [4.69, 9.17) is 10.5 Å². The second-order valence-corrected chi connectivity index (χ2v) is 7.66. The third-order valence-electron chi connectivity index (χ3n) is 4.14.